The number of amides is 3. The first kappa shape index (κ1) is 17.3. The minimum Gasteiger partial charge on any atom is -0.480 e. The van der Waals surface area contributed by atoms with Gasteiger partial charge in [0.1, 0.15) is 12.6 Å². The number of carboxylic acids is 1. The molecule has 1 aliphatic heterocycles. The van der Waals surface area contributed by atoms with Crippen LogP contribution in [0.3, 0.4) is 0 Å². The summed E-state index contributed by atoms with van der Waals surface area (Å²) in [5, 5.41) is 9.46. The van der Waals surface area contributed by atoms with Crippen LogP contribution in [0.2, 0.25) is 0 Å². The van der Waals surface area contributed by atoms with Crippen LogP contribution in [0.25, 0.3) is 0 Å². The maximum atomic E-state index is 12.5. The minimum atomic E-state index is -1.000. The number of carbonyl (C=O) groups is 3. The van der Waals surface area contributed by atoms with E-state index in [9.17, 15) is 19.5 Å². The van der Waals surface area contributed by atoms with Crippen LogP contribution in [-0.4, -0.2) is 78.0 Å². The van der Waals surface area contributed by atoms with Crippen LogP contribution < -0.4 is 0 Å². The van der Waals surface area contributed by atoms with Gasteiger partial charge in [0, 0.05) is 27.7 Å². The van der Waals surface area contributed by atoms with E-state index in [0.717, 1.165) is 12.8 Å². The molecule has 0 bridgehead atoms. The Morgan fingerprint density at radius 2 is 1.81 bits per heavy atom. The fraction of sp³-hybridized carbons (Fsp3) is 0.786. The predicted octanol–water partition coefficient (Wildman–Crippen LogP) is 0.702. The highest BCUT2D eigenvalue weighted by atomic mass is 16.4. The van der Waals surface area contributed by atoms with Gasteiger partial charge in [-0.1, -0.05) is 13.8 Å². The topological polar surface area (TPSA) is 81.2 Å². The number of carboxylic acid groups (broad SMARTS) is 1. The molecule has 7 heteroatoms. The molecule has 1 rings (SSSR count). The number of hydrogen-bond donors (Lipinski definition) is 1. The molecule has 7 nitrogen and oxygen atoms in total. The number of likely N-dealkylation sites (tertiary alicyclic amines) is 1. The summed E-state index contributed by atoms with van der Waals surface area (Å²) in [5.74, 6) is -1.20. The maximum Gasteiger partial charge on any atom is 0.327 e. The molecule has 1 aliphatic rings. The van der Waals surface area contributed by atoms with Crippen molar-refractivity contribution in [1.82, 2.24) is 14.7 Å². The summed E-state index contributed by atoms with van der Waals surface area (Å²) in [4.78, 5) is 39.8. The molecule has 1 atom stereocenters. The Balaban J connectivity index is 2.88. The molecule has 120 valence electrons. The van der Waals surface area contributed by atoms with E-state index in [-0.39, 0.29) is 12.5 Å². The molecule has 0 aromatic heterocycles. The maximum absolute atomic E-state index is 12.5. The number of piperidine rings is 1. The van der Waals surface area contributed by atoms with Crippen molar-refractivity contribution in [2.24, 2.45) is 5.41 Å². The highest BCUT2D eigenvalue weighted by Gasteiger charge is 2.45. The third-order valence-corrected chi connectivity index (χ3v) is 3.95. The molecule has 0 spiro atoms. The summed E-state index contributed by atoms with van der Waals surface area (Å²) in [6, 6.07) is -1.28. The van der Waals surface area contributed by atoms with Gasteiger partial charge in [-0.2, -0.15) is 0 Å². The molecule has 0 saturated carbocycles. The molecule has 0 aliphatic carbocycles. The molecule has 21 heavy (non-hydrogen) atoms. The standard InChI is InChI=1S/C14H25N3O4/c1-14(2)7-6-8-17(11(14)12(19)20)13(21)16(5)9-10(18)15(3)4/h11H,6-9H2,1-5H3,(H,19,20). The Hall–Kier alpha value is -1.79. The summed E-state index contributed by atoms with van der Waals surface area (Å²) in [7, 11) is 4.75. The quantitative estimate of drug-likeness (QED) is 0.832. The van der Waals surface area contributed by atoms with Gasteiger partial charge in [-0.3, -0.25) is 4.79 Å². The first-order valence-corrected chi connectivity index (χ1v) is 7.02. The van der Waals surface area contributed by atoms with E-state index < -0.39 is 23.5 Å². The van der Waals surface area contributed by atoms with Gasteiger partial charge in [0.05, 0.1) is 0 Å². The molecule has 1 fully saturated rings. The molecule has 0 aromatic rings. The van der Waals surface area contributed by atoms with Crippen molar-refractivity contribution < 1.29 is 19.5 Å². The van der Waals surface area contributed by atoms with Crippen molar-refractivity contribution in [3.63, 3.8) is 0 Å². The molecular formula is C14H25N3O4. The SMILES string of the molecule is CN(C)C(=O)CN(C)C(=O)N1CCCC(C)(C)C1C(=O)O. The smallest absolute Gasteiger partial charge is 0.327 e. The molecule has 0 aromatic carbocycles. The lowest BCUT2D eigenvalue weighted by molar-refractivity contribution is -0.148. The average molecular weight is 299 g/mol. The van der Waals surface area contributed by atoms with Gasteiger partial charge in [0.2, 0.25) is 5.91 Å². The number of nitrogens with zero attached hydrogens (tertiary/aromatic N) is 3. The second-order valence-electron chi connectivity index (χ2n) is 6.45. The van der Waals surface area contributed by atoms with E-state index in [1.54, 1.807) is 14.1 Å². The van der Waals surface area contributed by atoms with Gasteiger partial charge < -0.3 is 19.8 Å². The van der Waals surface area contributed by atoms with E-state index in [2.05, 4.69) is 0 Å². The van der Waals surface area contributed by atoms with Crippen molar-refractivity contribution in [2.45, 2.75) is 32.7 Å². The zero-order valence-corrected chi connectivity index (χ0v) is 13.4. The highest BCUT2D eigenvalue weighted by molar-refractivity contribution is 5.87. The lowest BCUT2D eigenvalue weighted by atomic mass is 9.76. The van der Waals surface area contributed by atoms with Crippen LogP contribution in [0.15, 0.2) is 0 Å². The Labute approximate surface area is 125 Å². The van der Waals surface area contributed by atoms with Gasteiger partial charge in [0.25, 0.3) is 0 Å². The third-order valence-electron chi connectivity index (χ3n) is 3.95. The van der Waals surface area contributed by atoms with Crippen LogP contribution >= 0.6 is 0 Å². The van der Waals surface area contributed by atoms with Gasteiger partial charge in [-0.15, -0.1) is 0 Å². The number of rotatable bonds is 3. The van der Waals surface area contributed by atoms with Crippen molar-refractivity contribution >= 4 is 17.9 Å². The first-order chi connectivity index (χ1) is 9.58. The fourth-order valence-electron chi connectivity index (χ4n) is 2.70. The lowest BCUT2D eigenvalue weighted by Crippen LogP contribution is -2.59. The van der Waals surface area contributed by atoms with Crippen molar-refractivity contribution in [3.05, 3.63) is 0 Å². The van der Waals surface area contributed by atoms with Crippen LogP contribution in [0.4, 0.5) is 4.79 Å². The molecule has 1 saturated heterocycles. The number of aliphatic carboxylic acids is 1. The number of carbonyl (C=O) groups excluding carboxylic acids is 2. The summed E-state index contributed by atoms with van der Waals surface area (Å²) < 4.78 is 0. The molecular weight excluding hydrogens is 274 g/mol. The first-order valence-electron chi connectivity index (χ1n) is 7.02. The minimum absolute atomic E-state index is 0.0604. The van der Waals surface area contributed by atoms with Crippen LogP contribution in [0.1, 0.15) is 26.7 Å². The van der Waals surface area contributed by atoms with Gasteiger partial charge in [-0.25, -0.2) is 9.59 Å². The summed E-state index contributed by atoms with van der Waals surface area (Å²) in [6.45, 7) is 4.06. The second kappa shape index (κ2) is 6.32. The van der Waals surface area contributed by atoms with Gasteiger partial charge in [-0.05, 0) is 18.3 Å². The second-order valence-corrected chi connectivity index (χ2v) is 6.45. The van der Waals surface area contributed by atoms with E-state index in [0.29, 0.717) is 6.54 Å². The normalized spacial score (nSPS) is 20.8. The largest absolute Gasteiger partial charge is 0.480 e. The van der Waals surface area contributed by atoms with Gasteiger partial charge in [0.15, 0.2) is 0 Å². The predicted molar refractivity (Wildman–Crippen MR) is 77.9 cm³/mol. The van der Waals surface area contributed by atoms with E-state index in [1.807, 2.05) is 13.8 Å². The molecule has 1 unspecified atom stereocenters. The van der Waals surface area contributed by atoms with E-state index in [1.165, 1.54) is 21.7 Å². The van der Waals surface area contributed by atoms with E-state index >= 15 is 0 Å². The van der Waals surface area contributed by atoms with Crippen molar-refractivity contribution in [2.75, 3.05) is 34.2 Å². The van der Waals surface area contributed by atoms with Crippen molar-refractivity contribution in [3.8, 4) is 0 Å². The third kappa shape index (κ3) is 3.86. The highest BCUT2D eigenvalue weighted by Crippen LogP contribution is 2.35. The Morgan fingerprint density at radius 3 is 2.29 bits per heavy atom. The zero-order valence-electron chi connectivity index (χ0n) is 13.4. The Morgan fingerprint density at radius 1 is 1.24 bits per heavy atom. The van der Waals surface area contributed by atoms with Crippen LogP contribution in [0, 0.1) is 5.41 Å². The summed E-state index contributed by atoms with van der Waals surface area (Å²) in [5.41, 5.74) is -0.480. The van der Waals surface area contributed by atoms with Crippen molar-refractivity contribution in [1.29, 1.82) is 0 Å². The molecule has 1 heterocycles. The summed E-state index contributed by atoms with van der Waals surface area (Å²) >= 11 is 0. The monoisotopic (exact) mass is 299 g/mol. The number of likely N-dealkylation sites (N-methyl/N-ethyl adjacent to an activating group) is 2. The number of urea groups is 1. The molecule has 3 amide bonds. The van der Waals surface area contributed by atoms with E-state index in [4.69, 9.17) is 0 Å². The number of hydrogen-bond acceptors (Lipinski definition) is 3. The lowest BCUT2D eigenvalue weighted by Gasteiger charge is -2.45. The van der Waals surface area contributed by atoms with Crippen LogP contribution in [0.5, 0.6) is 0 Å². The van der Waals surface area contributed by atoms with Gasteiger partial charge >= 0.3 is 12.0 Å². The molecule has 0 radical (unpaired) electrons. The Bertz CT molecular complexity index is 434. The average Bonchev–Trinajstić information content (AvgIpc) is 2.35. The zero-order chi connectivity index (χ0) is 16.4. The van der Waals surface area contributed by atoms with Crippen LogP contribution in [-0.2, 0) is 9.59 Å². The molecule has 1 N–H and O–H groups in total. The Kier molecular flexibility index (Phi) is 5.20. The fourth-order valence-corrected chi connectivity index (χ4v) is 2.70. The summed E-state index contributed by atoms with van der Waals surface area (Å²) in [6.07, 6.45) is 1.52.